The molecule has 0 unspecified atom stereocenters. The first-order chi connectivity index (χ1) is 18.0. The van der Waals surface area contributed by atoms with E-state index in [0.29, 0.717) is 12.4 Å². The van der Waals surface area contributed by atoms with E-state index >= 15 is 0 Å². The summed E-state index contributed by atoms with van der Waals surface area (Å²) in [6.07, 6.45) is 6.82. The van der Waals surface area contributed by atoms with Crippen molar-refractivity contribution in [3.8, 4) is 28.3 Å². The first kappa shape index (κ1) is 23.4. The maximum absolute atomic E-state index is 14.6. The summed E-state index contributed by atoms with van der Waals surface area (Å²) in [5.41, 5.74) is 7.69. The van der Waals surface area contributed by atoms with E-state index in [1.807, 2.05) is 25.1 Å². The Bertz CT molecular complexity index is 1620. The van der Waals surface area contributed by atoms with E-state index in [1.165, 1.54) is 23.3 Å². The van der Waals surface area contributed by atoms with E-state index in [4.69, 9.17) is 4.74 Å². The molecule has 0 atom stereocenters. The lowest BCUT2D eigenvalue weighted by atomic mass is 9.98. The molecule has 7 nitrogen and oxygen atoms in total. The quantitative estimate of drug-likeness (QED) is 0.288. The van der Waals surface area contributed by atoms with Crippen molar-refractivity contribution in [2.24, 2.45) is 0 Å². The lowest BCUT2D eigenvalue weighted by Crippen LogP contribution is -2.19. The molecule has 6 rings (SSSR count). The average Bonchev–Trinajstić information content (AvgIpc) is 3.52. The Kier molecular flexibility index (Phi) is 6.20. The lowest BCUT2D eigenvalue weighted by molar-refractivity contribution is 0.260. The molecule has 1 aliphatic heterocycles. The Hall–Kier alpha value is -4.01. The number of H-pyrrole nitrogens is 2. The van der Waals surface area contributed by atoms with Gasteiger partial charge in [0, 0.05) is 41.7 Å². The fraction of sp³-hybridized carbons (Fsp3) is 0.241. The van der Waals surface area contributed by atoms with Crippen LogP contribution in [-0.4, -0.2) is 65.4 Å². The smallest absolute Gasteiger partial charge is 0.127 e. The van der Waals surface area contributed by atoms with Crippen LogP contribution in [0.3, 0.4) is 0 Å². The third kappa shape index (κ3) is 4.73. The molecule has 3 aromatic heterocycles. The first-order valence-electron chi connectivity index (χ1n) is 12.5. The normalized spacial score (nSPS) is 14.0. The topological polar surface area (TPSA) is 81.9 Å². The molecule has 0 amide bonds. The molecule has 0 saturated carbocycles. The minimum absolute atomic E-state index is 0.344. The highest BCUT2D eigenvalue weighted by Gasteiger charge is 2.16. The molecule has 0 saturated heterocycles. The van der Waals surface area contributed by atoms with Crippen LogP contribution in [0.2, 0.25) is 0 Å². The molecule has 0 spiro atoms. The number of ether oxygens (including phenoxy) is 1. The minimum Gasteiger partial charge on any atom is -0.492 e. The number of aromatic nitrogens is 4. The zero-order valence-corrected chi connectivity index (χ0v) is 20.9. The predicted molar refractivity (Wildman–Crippen MR) is 146 cm³/mol. The van der Waals surface area contributed by atoms with Gasteiger partial charge in [0.15, 0.2) is 0 Å². The maximum atomic E-state index is 14.6. The Morgan fingerprint density at radius 1 is 1.00 bits per heavy atom. The summed E-state index contributed by atoms with van der Waals surface area (Å²) in [7, 11) is 3.95. The molecule has 2 aromatic carbocycles. The standard InChI is InChI=1S/C29H29FN6O/c1-36(2)9-10-37-22-12-20(11-21(30)14-22)25-16-32-17-28-23(25)15-27(33-28)29-24-13-19(3-4-26(24)34-35-29)18-5-7-31-8-6-18/h3-5,11-17,31,33H,6-10H2,1-2H3,(H,34,35). The Labute approximate surface area is 214 Å². The molecule has 37 heavy (non-hydrogen) atoms. The molecule has 0 aliphatic carbocycles. The van der Waals surface area contributed by atoms with Gasteiger partial charge in [0.05, 0.1) is 22.9 Å². The molecule has 3 N–H and O–H groups in total. The molecule has 8 heteroatoms. The van der Waals surface area contributed by atoms with Crippen LogP contribution < -0.4 is 10.1 Å². The monoisotopic (exact) mass is 496 g/mol. The summed E-state index contributed by atoms with van der Waals surface area (Å²) in [5, 5.41) is 13.2. The second-order valence-electron chi connectivity index (χ2n) is 9.67. The molecule has 1 aliphatic rings. The molecule has 0 bridgehead atoms. The SMILES string of the molecule is CN(C)CCOc1cc(F)cc(-c2cncc3[nH]c(-c4n[nH]c5ccc(C6=CCNCC6)cc45)cc23)c1. The van der Waals surface area contributed by atoms with Crippen molar-refractivity contribution < 1.29 is 9.13 Å². The van der Waals surface area contributed by atoms with Crippen LogP contribution in [0.15, 0.2) is 60.9 Å². The van der Waals surface area contributed by atoms with E-state index in [1.54, 1.807) is 12.4 Å². The van der Waals surface area contributed by atoms with Crippen LogP contribution in [0.25, 0.3) is 49.9 Å². The van der Waals surface area contributed by atoms with Gasteiger partial charge >= 0.3 is 0 Å². The number of halogens is 1. The van der Waals surface area contributed by atoms with Crippen LogP contribution in [0, 0.1) is 5.82 Å². The number of nitrogens with one attached hydrogen (secondary N) is 3. The van der Waals surface area contributed by atoms with Gasteiger partial charge in [-0.2, -0.15) is 5.10 Å². The number of nitrogens with zero attached hydrogens (tertiary/aromatic N) is 3. The van der Waals surface area contributed by atoms with E-state index < -0.39 is 0 Å². The number of pyridine rings is 1. The number of rotatable bonds is 7. The number of likely N-dealkylation sites (N-methyl/N-ethyl adjacent to an activating group) is 1. The van der Waals surface area contributed by atoms with Crippen molar-refractivity contribution in [2.75, 3.05) is 40.3 Å². The van der Waals surface area contributed by atoms with E-state index in [9.17, 15) is 4.39 Å². The van der Waals surface area contributed by atoms with Crippen molar-refractivity contribution in [3.63, 3.8) is 0 Å². The van der Waals surface area contributed by atoms with E-state index in [2.05, 4.69) is 55.8 Å². The predicted octanol–water partition coefficient (Wildman–Crippen LogP) is 5.23. The van der Waals surface area contributed by atoms with Crippen LogP contribution in [0.5, 0.6) is 5.75 Å². The highest BCUT2D eigenvalue weighted by atomic mass is 19.1. The average molecular weight is 497 g/mol. The fourth-order valence-electron chi connectivity index (χ4n) is 4.86. The number of hydrogen-bond donors (Lipinski definition) is 3. The van der Waals surface area contributed by atoms with Crippen molar-refractivity contribution in [1.82, 2.24) is 30.4 Å². The van der Waals surface area contributed by atoms with Gasteiger partial charge in [0.25, 0.3) is 0 Å². The molecule has 5 aromatic rings. The molecule has 4 heterocycles. The highest BCUT2D eigenvalue weighted by molar-refractivity contribution is 6.01. The molecule has 188 valence electrons. The van der Waals surface area contributed by atoms with Crippen LogP contribution in [0.4, 0.5) is 4.39 Å². The van der Waals surface area contributed by atoms with Gasteiger partial charge in [0.2, 0.25) is 0 Å². The number of fused-ring (bicyclic) bond motifs is 2. The van der Waals surface area contributed by atoms with Gasteiger partial charge in [-0.1, -0.05) is 12.1 Å². The molecule has 0 fully saturated rings. The minimum atomic E-state index is -0.344. The van der Waals surface area contributed by atoms with E-state index in [-0.39, 0.29) is 5.82 Å². The summed E-state index contributed by atoms with van der Waals surface area (Å²) < 4.78 is 20.4. The third-order valence-corrected chi connectivity index (χ3v) is 6.79. The third-order valence-electron chi connectivity index (χ3n) is 6.79. The Morgan fingerprint density at radius 2 is 1.92 bits per heavy atom. The van der Waals surface area contributed by atoms with Gasteiger partial charge in [-0.25, -0.2) is 4.39 Å². The lowest BCUT2D eigenvalue weighted by Gasteiger charge is -2.14. The summed E-state index contributed by atoms with van der Waals surface area (Å²) in [4.78, 5) is 9.92. The first-order valence-corrected chi connectivity index (χ1v) is 12.5. The summed E-state index contributed by atoms with van der Waals surface area (Å²) in [6, 6.07) is 13.3. The second-order valence-corrected chi connectivity index (χ2v) is 9.67. The van der Waals surface area contributed by atoms with Crippen molar-refractivity contribution in [3.05, 3.63) is 72.3 Å². The Balaban J connectivity index is 1.39. The second kappa shape index (κ2) is 9.80. The summed E-state index contributed by atoms with van der Waals surface area (Å²) >= 11 is 0. The molecule has 0 radical (unpaired) electrons. The highest BCUT2D eigenvalue weighted by Crippen LogP contribution is 2.36. The van der Waals surface area contributed by atoms with Gasteiger partial charge in [-0.15, -0.1) is 0 Å². The van der Waals surface area contributed by atoms with Gasteiger partial charge in [0.1, 0.15) is 23.9 Å². The zero-order valence-electron chi connectivity index (χ0n) is 20.9. The molecular formula is C29H29FN6O. The number of hydrogen-bond acceptors (Lipinski definition) is 5. The fourth-order valence-corrected chi connectivity index (χ4v) is 4.86. The van der Waals surface area contributed by atoms with Gasteiger partial charge < -0.3 is 19.9 Å². The van der Waals surface area contributed by atoms with Gasteiger partial charge in [-0.3, -0.25) is 10.1 Å². The molecular weight excluding hydrogens is 467 g/mol. The van der Waals surface area contributed by atoms with Crippen molar-refractivity contribution in [1.29, 1.82) is 0 Å². The van der Waals surface area contributed by atoms with Crippen molar-refractivity contribution in [2.45, 2.75) is 6.42 Å². The zero-order chi connectivity index (χ0) is 25.4. The van der Waals surface area contributed by atoms with Crippen LogP contribution in [0.1, 0.15) is 12.0 Å². The maximum Gasteiger partial charge on any atom is 0.127 e. The van der Waals surface area contributed by atoms with E-state index in [0.717, 1.165) is 70.4 Å². The summed E-state index contributed by atoms with van der Waals surface area (Å²) in [6.45, 7) is 3.11. The number of aromatic amines is 2. The number of benzene rings is 2. The van der Waals surface area contributed by atoms with Crippen LogP contribution in [-0.2, 0) is 0 Å². The van der Waals surface area contributed by atoms with Gasteiger partial charge in [-0.05, 0) is 74.1 Å². The largest absolute Gasteiger partial charge is 0.492 e. The van der Waals surface area contributed by atoms with Crippen molar-refractivity contribution >= 4 is 27.4 Å². The Morgan fingerprint density at radius 3 is 2.76 bits per heavy atom. The van der Waals surface area contributed by atoms with Crippen LogP contribution >= 0.6 is 0 Å². The summed E-state index contributed by atoms with van der Waals surface area (Å²) in [5.74, 6) is 0.158.